The second-order valence-electron chi connectivity index (χ2n) is 2.15. The first kappa shape index (κ1) is 12.8. The van der Waals surface area contributed by atoms with E-state index in [9.17, 15) is 8.76 Å². The van der Waals surface area contributed by atoms with Crippen molar-refractivity contribution in [1.29, 1.82) is 0 Å². The third kappa shape index (κ3) is 4.13. The van der Waals surface area contributed by atoms with Crippen molar-refractivity contribution in [3.63, 3.8) is 0 Å². The summed E-state index contributed by atoms with van der Waals surface area (Å²) in [6.07, 6.45) is 0. The second-order valence-corrected chi connectivity index (χ2v) is 2.83. The van der Waals surface area contributed by atoms with E-state index in [4.69, 9.17) is 0 Å². The monoisotopic (exact) mass is 209 g/mol. The first-order valence-corrected chi connectivity index (χ1v) is 4.19. The van der Waals surface area contributed by atoms with E-state index < -0.39 is 11.3 Å². The Morgan fingerprint density at radius 3 is 2.50 bits per heavy atom. The molecule has 0 fully saturated rings. The molecule has 12 heavy (non-hydrogen) atoms. The third-order valence-electron chi connectivity index (χ3n) is 1.34. The van der Waals surface area contributed by atoms with Crippen LogP contribution in [0, 0.1) is 6.92 Å². The molecule has 1 atom stereocenters. The maximum absolute atomic E-state index is 10.2. The van der Waals surface area contributed by atoms with Crippen LogP contribution < -0.4 is 4.72 Å². The van der Waals surface area contributed by atoms with Gasteiger partial charge in [0.2, 0.25) is 0 Å². The molecule has 0 saturated carbocycles. The molecule has 61 valence electrons. The SMILES string of the molecule is Cc1ccccc1NS(=O)[O-].[K]. The molecular formula is C7H8KNO2S-. The second kappa shape index (κ2) is 6.26. The molecule has 0 aliphatic rings. The van der Waals surface area contributed by atoms with Gasteiger partial charge in [0.1, 0.15) is 0 Å². The minimum Gasteiger partial charge on any atom is -0.755 e. The van der Waals surface area contributed by atoms with Crippen molar-refractivity contribution >= 4 is 68.3 Å². The zero-order valence-corrected chi connectivity index (χ0v) is 11.0. The number of para-hydroxylation sites is 1. The fourth-order valence-electron chi connectivity index (χ4n) is 0.777. The summed E-state index contributed by atoms with van der Waals surface area (Å²) in [5.41, 5.74) is 1.54. The smallest absolute Gasteiger partial charge is 0.0481 e. The van der Waals surface area contributed by atoms with Crippen molar-refractivity contribution in [3.8, 4) is 0 Å². The zero-order chi connectivity index (χ0) is 8.27. The fraction of sp³-hybridized carbons (Fsp3) is 0.143. The van der Waals surface area contributed by atoms with Crippen molar-refractivity contribution < 1.29 is 8.76 Å². The maximum Gasteiger partial charge on any atom is 0.0481 e. The fourth-order valence-corrected chi connectivity index (χ4v) is 1.19. The Morgan fingerprint density at radius 2 is 2.00 bits per heavy atom. The van der Waals surface area contributed by atoms with Gasteiger partial charge in [-0.2, -0.15) is 0 Å². The molecule has 5 heteroatoms. The summed E-state index contributed by atoms with van der Waals surface area (Å²) in [5.74, 6) is 0. The van der Waals surface area contributed by atoms with Crippen LogP contribution in [0.5, 0.6) is 0 Å². The standard InChI is InChI=1S/C7H9NO2S.K/c1-6-4-2-3-5-7(6)8-11(9)10;/h2-5,8H,1H3,(H,9,10);/p-1. The van der Waals surface area contributed by atoms with Crippen molar-refractivity contribution in [2.45, 2.75) is 6.92 Å². The van der Waals surface area contributed by atoms with Crippen LogP contribution in [0.4, 0.5) is 5.69 Å². The number of nitrogens with one attached hydrogen (secondary N) is 1. The molecule has 0 spiro atoms. The third-order valence-corrected chi connectivity index (χ3v) is 1.72. The Morgan fingerprint density at radius 1 is 1.42 bits per heavy atom. The topological polar surface area (TPSA) is 52.2 Å². The predicted octanol–water partition coefficient (Wildman–Crippen LogP) is 0.820. The molecule has 1 rings (SSSR count). The maximum atomic E-state index is 10.2. The van der Waals surface area contributed by atoms with Crippen molar-refractivity contribution in [2.24, 2.45) is 0 Å². The van der Waals surface area contributed by atoms with E-state index in [-0.39, 0.29) is 51.4 Å². The number of aryl methyl sites for hydroxylation is 1. The molecule has 3 nitrogen and oxygen atoms in total. The Hall–Kier alpha value is 0.766. The van der Waals surface area contributed by atoms with Gasteiger partial charge in [-0.1, -0.05) is 18.2 Å². The summed E-state index contributed by atoms with van der Waals surface area (Å²) in [4.78, 5) is 0. The summed E-state index contributed by atoms with van der Waals surface area (Å²) < 4.78 is 22.7. The molecule has 0 bridgehead atoms. The predicted molar refractivity (Wildman–Crippen MR) is 49.5 cm³/mol. The number of anilines is 1. The van der Waals surface area contributed by atoms with Crippen molar-refractivity contribution in [1.82, 2.24) is 0 Å². The van der Waals surface area contributed by atoms with Crippen LogP contribution in [0.2, 0.25) is 0 Å². The molecule has 0 amide bonds. The Kier molecular flexibility index (Phi) is 6.65. The van der Waals surface area contributed by atoms with E-state index in [2.05, 4.69) is 4.72 Å². The number of benzene rings is 1. The molecule has 0 heterocycles. The zero-order valence-electron chi connectivity index (χ0n) is 7.03. The van der Waals surface area contributed by atoms with Crippen molar-refractivity contribution in [3.05, 3.63) is 29.8 Å². The summed E-state index contributed by atoms with van der Waals surface area (Å²) in [6, 6.07) is 7.19. The van der Waals surface area contributed by atoms with Gasteiger partial charge >= 0.3 is 0 Å². The van der Waals surface area contributed by atoms with E-state index in [1.165, 1.54) is 0 Å². The molecule has 1 N–H and O–H groups in total. The van der Waals surface area contributed by atoms with E-state index >= 15 is 0 Å². The van der Waals surface area contributed by atoms with Crippen LogP contribution in [-0.4, -0.2) is 60.1 Å². The quantitative estimate of drug-likeness (QED) is 0.579. The molecule has 1 radical (unpaired) electrons. The average Bonchev–Trinajstić information content (AvgIpc) is 1.93. The first-order chi connectivity index (χ1) is 5.20. The molecular weight excluding hydrogens is 201 g/mol. The van der Waals surface area contributed by atoms with E-state index in [0.29, 0.717) is 5.69 Å². The molecule has 0 aliphatic heterocycles. The van der Waals surface area contributed by atoms with Crippen LogP contribution >= 0.6 is 0 Å². The summed E-state index contributed by atoms with van der Waals surface area (Å²) >= 11 is -2.23. The molecule has 0 saturated heterocycles. The molecule has 0 aliphatic carbocycles. The molecule has 0 aromatic heterocycles. The summed E-state index contributed by atoms with van der Waals surface area (Å²) in [5, 5.41) is 0. The number of hydrogen-bond acceptors (Lipinski definition) is 2. The van der Waals surface area contributed by atoms with Gasteiger partial charge in [-0.05, 0) is 18.6 Å². The number of hydrogen-bond donors (Lipinski definition) is 1. The summed E-state index contributed by atoms with van der Waals surface area (Å²) in [6.45, 7) is 1.84. The van der Waals surface area contributed by atoms with Gasteiger partial charge in [0.25, 0.3) is 0 Å². The van der Waals surface area contributed by atoms with Gasteiger partial charge in [0.15, 0.2) is 0 Å². The van der Waals surface area contributed by atoms with Crippen molar-refractivity contribution in [2.75, 3.05) is 4.72 Å². The molecule has 1 aromatic carbocycles. The first-order valence-electron chi connectivity index (χ1n) is 3.11. The van der Waals surface area contributed by atoms with E-state index in [0.717, 1.165) is 5.56 Å². The number of rotatable bonds is 2. The van der Waals surface area contributed by atoms with Gasteiger partial charge in [0, 0.05) is 68.3 Å². The molecule has 1 unspecified atom stereocenters. The van der Waals surface area contributed by atoms with Gasteiger partial charge in [-0.25, -0.2) is 0 Å². The average molecular weight is 209 g/mol. The minimum absolute atomic E-state index is 0. The Labute approximate surface area is 117 Å². The van der Waals surface area contributed by atoms with Gasteiger partial charge in [-0.15, -0.1) is 0 Å². The van der Waals surface area contributed by atoms with E-state index in [1.807, 2.05) is 19.1 Å². The summed E-state index contributed by atoms with van der Waals surface area (Å²) in [7, 11) is 0. The minimum atomic E-state index is -2.23. The van der Waals surface area contributed by atoms with Crippen LogP contribution in [-0.2, 0) is 11.3 Å². The Balaban J connectivity index is 0.00000121. The van der Waals surface area contributed by atoms with Crippen LogP contribution in [0.3, 0.4) is 0 Å². The van der Waals surface area contributed by atoms with Crippen LogP contribution in [0.25, 0.3) is 0 Å². The largest absolute Gasteiger partial charge is 0.755 e. The van der Waals surface area contributed by atoms with Crippen LogP contribution in [0.1, 0.15) is 5.56 Å². The van der Waals surface area contributed by atoms with E-state index in [1.54, 1.807) is 12.1 Å². The Bertz CT molecular complexity index is 280. The van der Waals surface area contributed by atoms with Gasteiger partial charge < -0.3 is 9.27 Å². The normalized spacial score (nSPS) is 11.5. The van der Waals surface area contributed by atoms with Gasteiger partial charge in [0.05, 0.1) is 0 Å². The van der Waals surface area contributed by atoms with Crippen LogP contribution in [0.15, 0.2) is 24.3 Å². The van der Waals surface area contributed by atoms with Gasteiger partial charge in [-0.3, -0.25) is 4.21 Å². The molecule has 1 aromatic rings.